The number of nitrogens with two attached hydrogens (primary N) is 2. The zero-order valence-corrected chi connectivity index (χ0v) is 39.4. The molecule has 0 atom stereocenters. The molecule has 2 aromatic heterocycles. The highest BCUT2D eigenvalue weighted by atomic mass is 16.3. The highest BCUT2D eigenvalue weighted by Crippen LogP contribution is 2.37. The summed E-state index contributed by atoms with van der Waals surface area (Å²) in [5.41, 5.74) is 28.6. The molecule has 2 fully saturated rings. The van der Waals surface area contributed by atoms with E-state index in [0.29, 0.717) is 17.2 Å². The van der Waals surface area contributed by atoms with Crippen LogP contribution in [0.4, 0.5) is 45.6 Å². The van der Waals surface area contributed by atoms with Gasteiger partial charge in [-0.2, -0.15) is 0 Å². The number of aliphatic imine (C=N–C) groups is 3. The van der Waals surface area contributed by atoms with Crippen molar-refractivity contribution >= 4 is 84.3 Å². The van der Waals surface area contributed by atoms with Crippen molar-refractivity contribution in [3.8, 4) is 0 Å². The second-order valence-corrected chi connectivity index (χ2v) is 18.9. The fourth-order valence-electron chi connectivity index (χ4n) is 10.0. The first-order chi connectivity index (χ1) is 34.7. The first-order valence-corrected chi connectivity index (χ1v) is 24.4. The monoisotopic (exact) mass is 934 g/mol. The lowest BCUT2D eigenvalue weighted by Crippen LogP contribution is -2.35. The number of aromatic nitrogens is 2. The molecule has 6 N–H and O–H groups in total. The number of pyridine rings is 2. The third-order valence-electron chi connectivity index (χ3n) is 14.1. The van der Waals surface area contributed by atoms with Gasteiger partial charge >= 0.3 is 0 Å². The maximum absolute atomic E-state index is 9.82. The van der Waals surface area contributed by atoms with Crippen LogP contribution in [-0.2, 0) is 19.3 Å². The molecule has 71 heavy (non-hydrogen) atoms. The number of aliphatic hydroxyl groups excluding tert-OH is 2. The molecule has 0 radical (unpaired) electrons. The highest BCUT2D eigenvalue weighted by Gasteiger charge is 2.25. The number of aliphatic hydroxyl groups is 2. The second kappa shape index (κ2) is 19.6. The van der Waals surface area contributed by atoms with Crippen LogP contribution in [0.25, 0.3) is 26.4 Å². The van der Waals surface area contributed by atoms with Crippen molar-refractivity contribution in [1.82, 2.24) is 9.97 Å². The molecule has 8 aromatic rings. The summed E-state index contributed by atoms with van der Waals surface area (Å²) in [6.07, 6.45) is 9.15. The van der Waals surface area contributed by atoms with E-state index in [9.17, 15) is 10.2 Å². The van der Waals surface area contributed by atoms with Crippen LogP contribution in [0.5, 0.6) is 0 Å². The fraction of sp³-hybridized carbons (Fsp3) is 0.220. The van der Waals surface area contributed by atoms with Gasteiger partial charge in [-0.15, -0.1) is 4.98 Å². The normalized spacial score (nSPS) is 16.2. The summed E-state index contributed by atoms with van der Waals surface area (Å²) in [4.78, 5) is 31.2. The summed E-state index contributed by atoms with van der Waals surface area (Å²) in [5, 5.41) is 24.0. The number of fused-ring (bicyclic) bond motifs is 5. The molecule has 5 aliphatic heterocycles. The lowest BCUT2D eigenvalue weighted by Gasteiger charge is -2.31. The predicted octanol–water partition coefficient (Wildman–Crippen LogP) is 10.8. The van der Waals surface area contributed by atoms with Crippen molar-refractivity contribution in [2.75, 3.05) is 47.4 Å². The molecule has 13 rings (SSSR count). The van der Waals surface area contributed by atoms with E-state index in [2.05, 4.69) is 103 Å². The molecule has 2 saturated heterocycles. The van der Waals surface area contributed by atoms with E-state index in [0.717, 1.165) is 133 Å². The minimum Gasteiger partial charge on any atom is -0.397 e. The number of benzene rings is 6. The molecule has 0 unspecified atom stereocenters. The Morgan fingerprint density at radius 2 is 0.944 bits per heavy atom. The van der Waals surface area contributed by atoms with E-state index < -0.39 is 0 Å². The van der Waals surface area contributed by atoms with Gasteiger partial charge in [0, 0.05) is 73.8 Å². The zero-order valence-electron chi connectivity index (χ0n) is 39.4. The summed E-state index contributed by atoms with van der Waals surface area (Å²) < 4.78 is 0. The molecule has 0 bridgehead atoms. The standard InChI is InChI=1S/C30H26N4O.C19H22N4O.C10H6N2/c35-25-9-11-34(12-10-25)24-6-8-27-23(14-24)16-28(32-27)20-5-7-26-22(13-20)17-30(33-26)29-15-19-3-1-2-4-21(19)18-31-29;20-16-3-1-12(10-17(16)21)19-11-13-9-14(2-4-18(13)22-19)23-7-5-15(24)6-8-23;1-11-10-6-8-4-2-3-5-9(8)7-12-10/h1-8,13-15,18,25,35H,9-12,16-17H2;1-4,9-10,15,24H,5-8,11,20-21H2;2-7H. The predicted molar refractivity (Wildman–Crippen MR) is 289 cm³/mol. The van der Waals surface area contributed by atoms with Crippen LogP contribution in [0.1, 0.15) is 59.2 Å². The first kappa shape index (κ1) is 45.2. The van der Waals surface area contributed by atoms with Crippen molar-refractivity contribution in [2.24, 2.45) is 15.0 Å². The highest BCUT2D eigenvalue weighted by molar-refractivity contribution is 6.10. The molecule has 0 spiro atoms. The quantitative estimate of drug-likeness (QED) is 0.0978. The lowest BCUT2D eigenvalue weighted by molar-refractivity contribution is 0.145. The molecule has 352 valence electrons. The Morgan fingerprint density at radius 1 is 0.479 bits per heavy atom. The minimum absolute atomic E-state index is 0.151. The largest absolute Gasteiger partial charge is 0.397 e. The van der Waals surface area contributed by atoms with Crippen LogP contribution >= 0.6 is 0 Å². The van der Waals surface area contributed by atoms with Crippen LogP contribution in [0.15, 0.2) is 161 Å². The summed E-state index contributed by atoms with van der Waals surface area (Å²) in [7, 11) is 0. The lowest BCUT2D eigenvalue weighted by atomic mass is 9.99. The Balaban J connectivity index is 0.000000131. The Kier molecular flexibility index (Phi) is 12.5. The SMILES string of the molecule is Nc1ccc(C2=Nc3ccc(N4CCC(O)CC4)cc3C2)cc1N.OC1CCN(c2ccc3c(c2)CC(c2ccc4c(c2)CC(c2cc5ccccc5cn2)=N4)=N3)CC1.[C-]#[N+]c1cc2ccccc2cn1. The smallest absolute Gasteiger partial charge is 0.270 e. The number of rotatable bonds is 5. The van der Waals surface area contributed by atoms with Gasteiger partial charge in [-0.3, -0.25) is 20.0 Å². The van der Waals surface area contributed by atoms with Crippen LogP contribution in [0.3, 0.4) is 0 Å². The van der Waals surface area contributed by atoms with E-state index in [4.69, 9.17) is 33.0 Å². The van der Waals surface area contributed by atoms with E-state index in [1.165, 1.54) is 39.0 Å². The molecule has 6 aromatic carbocycles. The molecule has 5 aliphatic rings. The molecular weight excluding hydrogens is 881 g/mol. The van der Waals surface area contributed by atoms with E-state index >= 15 is 0 Å². The molecule has 0 saturated carbocycles. The van der Waals surface area contributed by atoms with Gasteiger partial charge in [0.1, 0.15) is 6.20 Å². The second-order valence-electron chi connectivity index (χ2n) is 18.9. The molecule has 7 heterocycles. The van der Waals surface area contributed by atoms with E-state index in [-0.39, 0.29) is 12.2 Å². The number of piperidine rings is 2. The Bertz CT molecular complexity index is 3470. The number of nitrogens with zero attached hydrogens (tertiary/aromatic N) is 8. The van der Waals surface area contributed by atoms with Gasteiger partial charge in [-0.05, 0) is 137 Å². The topological polar surface area (TPSA) is 166 Å². The van der Waals surface area contributed by atoms with Gasteiger partial charge < -0.3 is 36.3 Å². The van der Waals surface area contributed by atoms with Gasteiger partial charge in [0.15, 0.2) is 0 Å². The van der Waals surface area contributed by atoms with Crippen molar-refractivity contribution in [2.45, 2.75) is 57.2 Å². The fourth-order valence-corrected chi connectivity index (χ4v) is 10.0. The Labute approximate surface area is 413 Å². The Morgan fingerprint density at radius 3 is 1.51 bits per heavy atom. The average molecular weight is 935 g/mol. The number of hydrogen-bond acceptors (Lipinski definition) is 11. The molecular formula is C59H54N10O2. The molecule has 12 heteroatoms. The Hall–Kier alpha value is -8.24. The van der Waals surface area contributed by atoms with Crippen molar-refractivity contribution in [3.05, 3.63) is 191 Å². The molecule has 12 nitrogen and oxygen atoms in total. The van der Waals surface area contributed by atoms with Gasteiger partial charge in [0.2, 0.25) is 0 Å². The van der Waals surface area contributed by atoms with E-state index in [1.807, 2.05) is 54.7 Å². The van der Waals surface area contributed by atoms with Crippen molar-refractivity contribution < 1.29 is 10.2 Å². The van der Waals surface area contributed by atoms with Crippen molar-refractivity contribution in [3.63, 3.8) is 0 Å². The summed E-state index contributed by atoms with van der Waals surface area (Å²) >= 11 is 0. The maximum Gasteiger partial charge on any atom is 0.270 e. The number of hydrogen-bond donors (Lipinski definition) is 4. The van der Waals surface area contributed by atoms with Crippen LogP contribution in [0.2, 0.25) is 0 Å². The first-order valence-electron chi connectivity index (χ1n) is 24.4. The molecule has 0 aliphatic carbocycles. The van der Waals surface area contributed by atoms with Crippen LogP contribution in [0, 0.1) is 6.57 Å². The van der Waals surface area contributed by atoms with E-state index in [1.54, 1.807) is 12.3 Å². The number of anilines is 4. The number of nitrogen functional groups attached to an aromatic ring is 2. The van der Waals surface area contributed by atoms with Gasteiger partial charge in [-0.25, -0.2) is 0 Å². The van der Waals surface area contributed by atoms with Crippen LogP contribution in [-0.4, -0.2) is 75.7 Å². The summed E-state index contributed by atoms with van der Waals surface area (Å²) in [6, 6.07) is 45.4. The third-order valence-corrected chi connectivity index (χ3v) is 14.1. The maximum atomic E-state index is 9.82. The average Bonchev–Trinajstić information content (AvgIpc) is 4.17. The minimum atomic E-state index is -0.156. The van der Waals surface area contributed by atoms with Gasteiger partial charge in [-0.1, -0.05) is 67.2 Å². The van der Waals surface area contributed by atoms with Gasteiger partial charge in [0.25, 0.3) is 5.82 Å². The summed E-state index contributed by atoms with van der Waals surface area (Å²) in [6.45, 7) is 10.4. The van der Waals surface area contributed by atoms with Crippen molar-refractivity contribution in [1.29, 1.82) is 0 Å². The van der Waals surface area contributed by atoms with Gasteiger partial charge in [0.05, 0.1) is 63.5 Å². The zero-order chi connectivity index (χ0) is 48.4. The molecule has 0 amide bonds. The third kappa shape index (κ3) is 9.83. The summed E-state index contributed by atoms with van der Waals surface area (Å²) in [5.74, 6) is 0.453. The van der Waals surface area contributed by atoms with Crippen LogP contribution < -0.4 is 21.3 Å².